The molecule has 0 radical (unpaired) electrons. The quantitative estimate of drug-likeness (QED) is 0.112. The van der Waals surface area contributed by atoms with Crippen molar-refractivity contribution in [3.63, 3.8) is 0 Å². The second-order valence-electron chi connectivity index (χ2n) is 11.8. The second kappa shape index (κ2) is 16.7. The predicted molar refractivity (Wildman–Crippen MR) is 172 cm³/mol. The molecular formula is C35H45N3O5S. The van der Waals surface area contributed by atoms with Crippen LogP contribution in [0.1, 0.15) is 81.9 Å². The lowest BCUT2D eigenvalue weighted by Gasteiger charge is -2.16. The minimum absolute atomic E-state index is 0.0239. The van der Waals surface area contributed by atoms with Crippen molar-refractivity contribution in [3.05, 3.63) is 84.2 Å². The molecule has 44 heavy (non-hydrogen) atoms. The molecule has 0 saturated heterocycles. The van der Waals surface area contributed by atoms with E-state index < -0.39 is 10.1 Å². The van der Waals surface area contributed by atoms with Crippen LogP contribution in [0.3, 0.4) is 0 Å². The summed E-state index contributed by atoms with van der Waals surface area (Å²) in [6.07, 6.45) is 15.4. The first-order valence-electron chi connectivity index (χ1n) is 16.1. The molecule has 0 atom stereocenters. The number of nitrogens with zero attached hydrogens (tertiary/aromatic N) is 3. The number of fused-ring (bicyclic) bond motifs is 1. The van der Waals surface area contributed by atoms with Crippen LogP contribution in [0.2, 0.25) is 0 Å². The molecule has 0 N–H and O–H groups in total. The molecule has 0 spiro atoms. The highest BCUT2D eigenvalue weighted by Gasteiger charge is 2.20. The molecule has 0 bridgehead atoms. The Kier molecular flexibility index (Phi) is 12.2. The molecule has 1 fully saturated rings. The Hall–Kier alpha value is -3.27. The summed E-state index contributed by atoms with van der Waals surface area (Å²) in [5.74, 6) is 1.35. The zero-order valence-electron chi connectivity index (χ0n) is 25.6. The lowest BCUT2D eigenvalue weighted by molar-refractivity contribution is 0.0773. The average molecular weight is 620 g/mol. The van der Waals surface area contributed by atoms with Gasteiger partial charge in [0, 0.05) is 13.0 Å². The van der Waals surface area contributed by atoms with Gasteiger partial charge in [-0.05, 0) is 53.3 Å². The highest BCUT2D eigenvalue weighted by molar-refractivity contribution is 7.86. The first-order valence-corrected chi connectivity index (χ1v) is 17.5. The molecule has 1 aliphatic rings. The lowest BCUT2D eigenvalue weighted by atomic mass is 9.96. The van der Waals surface area contributed by atoms with Crippen LogP contribution in [0.25, 0.3) is 10.8 Å². The summed E-state index contributed by atoms with van der Waals surface area (Å²) in [7, 11) is -3.96. The van der Waals surface area contributed by atoms with Gasteiger partial charge < -0.3 is 9.47 Å². The molecule has 1 saturated carbocycles. The third-order valence-corrected chi connectivity index (χ3v) is 9.67. The van der Waals surface area contributed by atoms with Gasteiger partial charge in [-0.2, -0.15) is 8.42 Å². The van der Waals surface area contributed by atoms with Crippen molar-refractivity contribution in [2.24, 2.45) is 5.92 Å². The fourth-order valence-corrected chi connectivity index (χ4v) is 7.00. The van der Waals surface area contributed by atoms with Gasteiger partial charge in [-0.1, -0.05) is 105 Å². The van der Waals surface area contributed by atoms with E-state index in [4.69, 9.17) is 13.7 Å². The summed E-state index contributed by atoms with van der Waals surface area (Å²) in [5.41, 5.74) is 1.33. The largest absolute Gasteiger partial charge is 0.493 e. The molecule has 0 amide bonds. The number of aromatic nitrogens is 3. The molecule has 5 rings (SSSR count). The van der Waals surface area contributed by atoms with Crippen molar-refractivity contribution in [2.45, 2.75) is 88.7 Å². The molecule has 3 aromatic carbocycles. The van der Waals surface area contributed by atoms with Crippen molar-refractivity contribution < 1.29 is 22.1 Å². The van der Waals surface area contributed by atoms with Gasteiger partial charge in [0.05, 0.1) is 37.5 Å². The Labute approximate surface area is 261 Å². The minimum atomic E-state index is -3.96. The molecule has 1 aromatic heterocycles. The molecule has 0 aliphatic heterocycles. The van der Waals surface area contributed by atoms with Gasteiger partial charge in [-0.3, -0.25) is 4.18 Å². The molecule has 4 aromatic rings. The molecule has 8 nitrogen and oxygen atoms in total. The van der Waals surface area contributed by atoms with Crippen LogP contribution in [-0.2, 0) is 32.2 Å². The fraction of sp³-hybridized carbons (Fsp3) is 0.486. The first kappa shape index (κ1) is 32.1. The number of ether oxygens (including phenoxy) is 2. The van der Waals surface area contributed by atoms with Crippen LogP contribution in [0, 0.1) is 5.92 Å². The van der Waals surface area contributed by atoms with Crippen molar-refractivity contribution in [1.29, 1.82) is 0 Å². The van der Waals surface area contributed by atoms with Crippen LogP contribution in [0.4, 0.5) is 0 Å². The summed E-state index contributed by atoms with van der Waals surface area (Å²) in [4.78, 5) is 0.135. The third kappa shape index (κ3) is 9.87. The smallest absolute Gasteiger partial charge is 0.297 e. The summed E-state index contributed by atoms with van der Waals surface area (Å²) in [6.45, 7) is 1.79. The maximum atomic E-state index is 13.1. The van der Waals surface area contributed by atoms with E-state index >= 15 is 0 Å². The predicted octanol–water partition coefficient (Wildman–Crippen LogP) is 7.70. The molecular weight excluding hydrogens is 574 g/mol. The van der Waals surface area contributed by atoms with Gasteiger partial charge in [-0.15, -0.1) is 5.10 Å². The maximum Gasteiger partial charge on any atom is 0.297 e. The van der Waals surface area contributed by atoms with Crippen LogP contribution in [0.15, 0.2) is 77.8 Å². The molecule has 1 heterocycles. The minimum Gasteiger partial charge on any atom is -0.493 e. The van der Waals surface area contributed by atoms with E-state index in [9.17, 15) is 8.42 Å². The Bertz CT molecular complexity index is 1540. The van der Waals surface area contributed by atoms with E-state index in [1.165, 1.54) is 64.2 Å². The maximum absolute atomic E-state index is 13.1. The average Bonchev–Trinajstić information content (AvgIpc) is 3.45. The third-order valence-electron chi connectivity index (χ3n) is 8.26. The second-order valence-corrected chi connectivity index (χ2v) is 13.4. The van der Waals surface area contributed by atoms with Crippen molar-refractivity contribution in [2.75, 3.05) is 19.8 Å². The molecule has 236 valence electrons. The standard InChI is InChI=1S/C35H45N3O5S/c39-44(40,43-23-13-22-42-34-21-20-30-16-9-10-17-31(30)24-34)35-19-12-11-18-32(35)25-38-26-33(36-37-38)28-41-27-29-14-7-5-3-1-2-4-6-8-15-29/h9-12,16-21,24,26,29H,1-8,13-15,22-23,25,27-28H2. The zero-order valence-corrected chi connectivity index (χ0v) is 26.4. The summed E-state index contributed by atoms with van der Waals surface area (Å²) in [5, 5.41) is 10.7. The Morgan fingerprint density at radius 1 is 0.795 bits per heavy atom. The highest BCUT2D eigenvalue weighted by Crippen LogP contribution is 2.23. The van der Waals surface area contributed by atoms with Gasteiger partial charge in [0.1, 0.15) is 11.4 Å². The zero-order chi connectivity index (χ0) is 30.5. The Balaban J connectivity index is 1.08. The molecule has 1 aliphatic carbocycles. The van der Waals surface area contributed by atoms with E-state index in [-0.39, 0.29) is 18.0 Å². The monoisotopic (exact) mass is 619 g/mol. The van der Waals surface area contributed by atoms with Crippen LogP contribution in [0.5, 0.6) is 5.75 Å². The van der Waals surface area contributed by atoms with Crippen LogP contribution >= 0.6 is 0 Å². The lowest BCUT2D eigenvalue weighted by Crippen LogP contribution is -2.13. The van der Waals surface area contributed by atoms with Crippen molar-refractivity contribution >= 4 is 20.9 Å². The normalized spacial score (nSPS) is 15.6. The Morgan fingerprint density at radius 2 is 1.50 bits per heavy atom. The molecule has 9 heteroatoms. The van der Waals surface area contributed by atoms with Gasteiger partial charge in [0.25, 0.3) is 10.1 Å². The number of hydrogen-bond donors (Lipinski definition) is 0. The molecule has 0 unspecified atom stereocenters. The summed E-state index contributed by atoms with van der Waals surface area (Å²) in [6, 6.07) is 20.8. The van der Waals surface area contributed by atoms with Gasteiger partial charge in [0.15, 0.2) is 0 Å². The van der Waals surface area contributed by atoms with Crippen molar-refractivity contribution in [3.8, 4) is 5.75 Å². The van der Waals surface area contributed by atoms with Crippen LogP contribution < -0.4 is 4.74 Å². The first-order chi connectivity index (χ1) is 21.6. The number of hydrogen-bond acceptors (Lipinski definition) is 7. The van der Waals surface area contributed by atoms with Crippen LogP contribution in [-0.4, -0.2) is 43.2 Å². The summed E-state index contributed by atoms with van der Waals surface area (Å²) < 4.78 is 45.1. The summed E-state index contributed by atoms with van der Waals surface area (Å²) >= 11 is 0. The van der Waals surface area contributed by atoms with E-state index in [0.29, 0.717) is 31.1 Å². The van der Waals surface area contributed by atoms with Crippen molar-refractivity contribution in [1.82, 2.24) is 15.0 Å². The van der Waals surface area contributed by atoms with Gasteiger partial charge in [0.2, 0.25) is 0 Å². The van der Waals surface area contributed by atoms with E-state index in [1.54, 1.807) is 22.9 Å². The van der Waals surface area contributed by atoms with E-state index in [0.717, 1.165) is 28.8 Å². The SMILES string of the molecule is O=S(=O)(OCCCOc1ccc2ccccc2c1)c1ccccc1Cn1cc(COCC2CCCCCCCCCC2)nn1. The van der Waals surface area contributed by atoms with Gasteiger partial charge >= 0.3 is 0 Å². The number of rotatable bonds is 13. The highest BCUT2D eigenvalue weighted by atomic mass is 32.2. The number of benzene rings is 3. The topological polar surface area (TPSA) is 92.5 Å². The Morgan fingerprint density at radius 3 is 2.30 bits per heavy atom. The van der Waals surface area contributed by atoms with Gasteiger partial charge in [-0.25, -0.2) is 4.68 Å². The fourth-order valence-electron chi connectivity index (χ4n) is 5.84. The van der Waals surface area contributed by atoms with E-state index in [1.807, 2.05) is 48.7 Å². The van der Waals surface area contributed by atoms with E-state index in [2.05, 4.69) is 16.4 Å².